The molecule has 1 aliphatic heterocycles. The second-order valence-corrected chi connectivity index (χ2v) is 5.10. The number of Topliss-reactive ketones (excluding diaryl/α,β-unsaturated/α-hetero) is 1. The molecule has 0 spiro atoms. The van der Waals surface area contributed by atoms with Gasteiger partial charge in [0.2, 0.25) is 0 Å². The summed E-state index contributed by atoms with van der Waals surface area (Å²) in [6.45, 7) is 0. The maximum atomic E-state index is 12.7. The fourth-order valence-electron chi connectivity index (χ4n) is 2.73. The van der Waals surface area contributed by atoms with Crippen molar-refractivity contribution in [3.63, 3.8) is 0 Å². The van der Waals surface area contributed by atoms with Gasteiger partial charge in [-0.1, -0.05) is 30.3 Å². The zero-order chi connectivity index (χ0) is 16.6. The fraction of sp³-hybridized carbons (Fsp3) is 0.118. The van der Waals surface area contributed by atoms with Gasteiger partial charge in [-0.15, -0.1) is 0 Å². The number of methoxy groups -OCH3 is 1. The standard InChI is InChI=1S/C17H14N2O4/c1-23-11-7-8-13-12(9-11)14(16(21)19(13)17(18)22)15(20)10-5-3-2-4-6-10/h2-9,14H,1H3,(H2,18,22). The fourth-order valence-corrected chi connectivity index (χ4v) is 2.73. The molecule has 0 bridgehead atoms. The molecule has 2 aromatic rings. The molecule has 0 aliphatic carbocycles. The van der Waals surface area contributed by atoms with Crippen LogP contribution in [-0.2, 0) is 4.79 Å². The number of carbonyl (C=O) groups excluding carboxylic acids is 3. The van der Waals surface area contributed by atoms with Crippen LogP contribution in [0.1, 0.15) is 21.8 Å². The Morgan fingerprint density at radius 2 is 1.83 bits per heavy atom. The van der Waals surface area contributed by atoms with Gasteiger partial charge in [-0.25, -0.2) is 9.69 Å². The number of hydrogen-bond donors (Lipinski definition) is 1. The number of imide groups is 1. The zero-order valence-corrected chi connectivity index (χ0v) is 12.4. The number of rotatable bonds is 3. The summed E-state index contributed by atoms with van der Waals surface area (Å²) in [5, 5.41) is 0. The van der Waals surface area contributed by atoms with Crippen LogP contribution < -0.4 is 15.4 Å². The van der Waals surface area contributed by atoms with Gasteiger partial charge < -0.3 is 10.5 Å². The summed E-state index contributed by atoms with van der Waals surface area (Å²) in [5.41, 5.74) is 6.43. The minimum atomic E-state index is -1.10. The van der Waals surface area contributed by atoms with Gasteiger partial charge in [-0.3, -0.25) is 9.59 Å². The van der Waals surface area contributed by atoms with Crippen molar-refractivity contribution in [2.75, 3.05) is 12.0 Å². The topological polar surface area (TPSA) is 89.7 Å². The third kappa shape index (κ3) is 2.34. The number of benzene rings is 2. The summed E-state index contributed by atoms with van der Waals surface area (Å²) >= 11 is 0. The van der Waals surface area contributed by atoms with Gasteiger partial charge in [-0.2, -0.15) is 0 Å². The largest absolute Gasteiger partial charge is 0.497 e. The lowest BCUT2D eigenvalue weighted by molar-refractivity contribution is -0.117. The molecule has 3 amide bonds. The van der Waals surface area contributed by atoms with Crippen molar-refractivity contribution in [2.45, 2.75) is 5.92 Å². The van der Waals surface area contributed by atoms with Crippen molar-refractivity contribution in [1.29, 1.82) is 0 Å². The monoisotopic (exact) mass is 310 g/mol. The van der Waals surface area contributed by atoms with Gasteiger partial charge in [0, 0.05) is 11.1 Å². The van der Waals surface area contributed by atoms with E-state index in [2.05, 4.69) is 0 Å². The van der Waals surface area contributed by atoms with Gasteiger partial charge in [0.05, 0.1) is 12.8 Å². The number of hydrogen-bond acceptors (Lipinski definition) is 4. The first-order valence-corrected chi connectivity index (χ1v) is 6.95. The Morgan fingerprint density at radius 3 is 2.43 bits per heavy atom. The Hall–Kier alpha value is -3.15. The summed E-state index contributed by atoms with van der Waals surface area (Å²) in [6, 6.07) is 12.3. The highest BCUT2D eigenvalue weighted by atomic mass is 16.5. The van der Waals surface area contributed by atoms with Crippen LogP contribution in [0.25, 0.3) is 0 Å². The van der Waals surface area contributed by atoms with Crippen molar-refractivity contribution >= 4 is 23.4 Å². The van der Waals surface area contributed by atoms with E-state index in [1.165, 1.54) is 7.11 Å². The normalized spacial score (nSPS) is 16.1. The van der Waals surface area contributed by atoms with E-state index in [4.69, 9.17) is 10.5 Å². The summed E-state index contributed by atoms with van der Waals surface area (Å²) in [4.78, 5) is 37.8. The molecule has 0 saturated carbocycles. The first-order chi connectivity index (χ1) is 11.0. The lowest BCUT2D eigenvalue weighted by Crippen LogP contribution is -2.40. The van der Waals surface area contributed by atoms with Gasteiger partial charge in [0.15, 0.2) is 5.78 Å². The molecular weight excluding hydrogens is 296 g/mol. The molecule has 3 rings (SSSR count). The maximum Gasteiger partial charge on any atom is 0.326 e. The molecule has 116 valence electrons. The average molecular weight is 310 g/mol. The van der Waals surface area contributed by atoms with Crippen LogP contribution >= 0.6 is 0 Å². The van der Waals surface area contributed by atoms with Gasteiger partial charge in [0.1, 0.15) is 11.7 Å². The van der Waals surface area contributed by atoms with Crippen molar-refractivity contribution in [1.82, 2.24) is 0 Å². The molecule has 2 aromatic carbocycles. The Kier molecular flexibility index (Phi) is 3.57. The number of anilines is 1. The van der Waals surface area contributed by atoms with E-state index >= 15 is 0 Å². The molecular formula is C17H14N2O4. The third-order valence-corrected chi connectivity index (χ3v) is 3.79. The lowest BCUT2D eigenvalue weighted by atomic mass is 9.91. The van der Waals surface area contributed by atoms with Crippen molar-refractivity contribution in [2.24, 2.45) is 5.73 Å². The molecule has 1 unspecified atom stereocenters. The van der Waals surface area contributed by atoms with E-state index in [-0.39, 0.29) is 5.78 Å². The van der Waals surface area contributed by atoms with Crippen LogP contribution in [0, 0.1) is 0 Å². The first-order valence-electron chi connectivity index (χ1n) is 6.95. The number of amides is 3. The molecule has 6 nitrogen and oxygen atoms in total. The maximum absolute atomic E-state index is 12.7. The van der Waals surface area contributed by atoms with Crippen molar-refractivity contribution in [3.8, 4) is 5.75 Å². The van der Waals surface area contributed by atoms with Crippen LogP contribution in [0.4, 0.5) is 10.5 Å². The molecule has 1 heterocycles. The molecule has 0 aromatic heterocycles. The molecule has 0 fully saturated rings. The minimum Gasteiger partial charge on any atom is -0.497 e. The number of fused-ring (bicyclic) bond motifs is 1. The number of carbonyl (C=O) groups is 3. The lowest BCUT2D eigenvalue weighted by Gasteiger charge is -2.12. The minimum absolute atomic E-state index is 0.317. The van der Waals surface area contributed by atoms with E-state index in [0.717, 1.165) is 4.90 Å². The van der Waals surface area contributed by atoms with Crippen LogP contribution in [0.2, 0.25) is 0 Å². The number of ketones is 1. The van der Waals surface area contributed by atoms with Crippen LogP contribution in [-0.4, -0.2) is 24.8 Å². The Morgan fingerprint density at radius 1 is 1.13 bits per heavy atom. The average Bonchev–Trinajstić information content (AvgIpc) is 2.86. The van der Waals surface area contributed by atoms with E-state index in [0.29, 0.717) is 22.6 Å². The third-order valence-electron chi connectivity index (χ3n) is 3.79. The number of primary amides is 1. The quantitative estimate of drug-likeness (QED) is 0.694. The predicted molar refractivity (Wildman–Crippen MR) is 83.6 cm³/mol. The van der Waals surface area contributed by atoms with E-state index in [1.807, 2.05) is 0 Å². The molecule has 1 aliphatic rings. The highest BCUT2D eigenvalue weighted by Crippen LogP contribution is 2.40. The van der Waals surface area contributed by atoms with Crippen LogP contribution in [0.3, 0.4) is 0 Å². The smallest absolute Gasteiger partial charge is 0.326 e. The van der Waals surface area contributed by atoms with Crippen LogP contribution in [0.15, 0.2) is 48.5 Å². The summed E-state index contributed by atoms with van der Waals surface area (Å²) < 4.78 is 5.15. The number of ether oxygens (including phenoxy) is 1. The molecule has 0 saturated heterocycles. The Bertz CT molecular complexity index is 801. The molecule has 1 atom stereocenters. The number of urea groups is 1. The Labute approximate surface area is 132 Å². The van der Waals surface area contributed by atoms with Gasteiger partial charge >= 0.3 is 6.03 Å². The van der Waals surface area contributed by atoms with Gasteiger partial charge in [-0.05, 0) is 18.2 Å². The van der Waals surface area contributed by atoms with Crippen molar-refractivity contribution in [3.05, 3.63) is 59.7 Å². The second kappa shape index (κ2) is 5.57. The van der Waals surface area contributed by atoms with E-state index in [9.17, 15) is 14.4 Å². The van der Waals surface area contributed by atoms with E-state index < -0.39 is 17.9 Å². The van der Waals surface area contributed by atoms with Crippen molar-refractivity contribution < 1.29 is 19.1 Å². The van der Waals surface area contributed by atoms with Gasteiger partial charge in [0.25, 0.3) is 5.91 Å². The molecule has 23 heavy (non-hydrogen) atoms. The van der Waals surface area contributed by atoms with Crippen LogP contribution in [0.5, 0.6) is 5.75 Å². The summed E-state index contributed by atoms with van der Waals surface area (Å²) in [7, 11) is 1.48. The number of nitrogens with zero attached hydrogens (tertiary/aromatic N) is 1. The first kappa shape index (κ1) is 14.8. The SMILES string of the molecule is COc1ccc2c(c1)C(C(=O)c1ccccc1)C(=O)N2C(N)=O. The predicted octanol–water partition coefficient (Wildman–Crippen LogP) is 2.09. The number of nitrogens with two attached hydrogens (primary N) is 1. The summed E-state index contributed by atoms with van der Waals surface area (Å²) in [5.74, 6) is -1.63. The molecule has 6 heteroatoms. The highest BCUT2D eigenvalue weighted by molar-refractivity contribution is 6.29. The van der Waals surface area contributed by atoms with E-state index in [1.54, 1.807) is 48.5 Å². The highest BCUT2D eigenvalue weighted by Gasteiger charge is 2.44. The molecule has 0 radical (unpaired) electrons. The zero-order valence-electron chi connectivity index (χ0n) is 12.4. The Balaban J connectivity index is 2.13. The molecule has 2 N–H and O–H groups in total. The summed E-state index contributed by atoms with van der Waals surface area (Å²) in [6.07, 6.45) is 0. The second-order valence-electron chi connectivity index (χ2n) is 5.10.